The molecule has 2 rings (SSSR count). The Morgan fingerprint density at radius 1 is 0.476 bits per heavy atom. The monoisotopic (exact) mass is 334 g/mol. The molecule has 2 aliphatic rings. The van der Waals surface area contributed by atoms with E-state index >= 15 is 0 Å². The van der Waals surface area contributed by atoms with Gasteiger partial charge in [-0.1, -0.05) is 51.4 Å². The van der Waals surface area contributed by atoms with E-state index < -0.39 is 0 Å². The number of carbonyl (C=O) groups is 2. The molecule has 0 bridgehead atoms. The summed E-state index contributed by atoms with van der Waals surface area (Å²) in [4.78, 5) is 22.8. The Balaban J connectivity index is 0.000000390. The second kappa shape index (κ2) is 10.1. The van der Waals surface area contributed by atoms with Crippen molar-refractivity contribution in [1.29, 1.82) is 0 Å². The average molecular weight is 335 g/mol. The molecule has 0 aromatic carbocycles. The van der Waals surface area contributed by atoms with E-state index in [1.54, 1.807) is 27.7 Å². The number of Topliss-reactive ketones (excluding diaryl/α,β-unsaturated/α-hetero) is 2. The molecule has 0 unspecified atom stereocenters. The van der Waals surface area contributed by atoms with E-state index in [1.807, 2.05) is 0 Å². The van der Waals surface area contributed by atoms with Gasteiger partial charge in [-0.15, -0.1) is 0 Å². The van der Waals surface area contributed by atoms with Gasteiger partial charge in [0.05, 0.1) is 0 Å². The SMILES string of the molecule is C1CCCCCCC1.CC1=C(C)C(=O)C(C)=C(C)C1=O.[Ni]. The average Bonchev–Trinajstić information content (AvgIpc) is 2.41. The summed E-state index contributed by atoms with van der Waals surface area (Å²) in [5, 5.41) is 0. The van der Waals surface area contributed by atoms with Crippen LogP contribution in [-0.4, -0.2) is 11.6 Å². The van der Waals surface area contributed by atoms with Crippen LogP contribution in [0.5, 0.6) is 0 Å². The zero-order valence-electron chi connectivity index (χ0n) is 13.8. The van der Waals surface area contributed by atoms with Gasteiger partial charge in [0.1, 0.15) is 0 Å². The maximum Gasteiger partial charge on any atom is 0.185 e. The van der Waals surface area contributed by atoms with Crippen LogP contribution in [0.3, 0.4) is 0 Å². The Morgan fingerprint density at radius 3 is 0.762 bits per heavy atom. The molecule has 0 heterocycles. The molecular formula is C18H28NiO2. The van der Waals surface area contributed by atoms with E-state index in [2.05, 4.69) is 0 Å². The van der Waals surface area contributed by atoms with Gasteiger partial charge in [-0.3, -0.25) is 9.59 Å². The van der Waals surface area contributed by atoms with Crippen LogP contribution in [-0.2, 0) is 26.1 Å². The summed E-state index contributed by atoms with van der Waals surface area (Å²) in [6.07, 6.45) is 12.0. The Kier molecular flexibility index (Phi) is 9.78. The second-order valence-electron chi connectivity index (χ2n) is 5.99. The van der Waals surface area contributed by atoms with E-state index in [1.165, 1.54) is 51.4 Å². The van der Waals surface area contributed by atoms with Crippen molar-refractivity contribution in [1.82, 2.24) is 0 Å². The van der Waals surface area contributed by atoms with Crippen molar-refractivity contribution in [2.45, 2.75) is 79.1 Å². The Labute approximate surface area is 139 Å². The number of rotatable bonds is 0. The Hall–Kier alpha value is -0.686. The summed E-state index contributed by atoms with van der Waals surface area (Å²) in [6, 6.07) is 0. The van der Waals surface area contributed by atoms with Gasteiger partial charge < -0.3 is 0 Å². The van der Waals surface area contributed by atoms with Crippen LogP contribution >= 0.6 is 0 Å². The first kappa shape index (κ1) is 20.3. The first-order valence-electron chi connectivity index (χ1n) is 7.91. The fraction of sp³-hybridized carbons (Fsp3) is 0.667. The molecule has 0 saturated heterocycles. The van der Waals surface area contributed by atoms with Crippen molar-refractivity contribution in [3.05, 3.63) is 22.3 Å². The van der Waals surface area contributed by atoms with Gasteiger partial charge in [0, 0.05) is 38.8 Å². The molecule has 1 fully saturated rings. The standard InChI is InChI=1S/C10H12O2.C8H16.Ni/c1-5-6(2)10(12)8(4)7(3)9(5)11;1-2-4-6-8-7-5-3-1;/h1-4H3;1-8H2;. The zero-order valence-corrected chi connectivity index (χ0v) is 14.8. The van der Waals surface area contributed by atoms with E-state index in [4.69, 9.17) is 0 Å². The first-order valence-corrected chi connectivity index (χ1v) is 7.91. The molecular weight excluding hydrogens is 307 g/mol. The summed E-state index contributed by atoms with van der Waals surface area (Å²) in [7, 11) is 0. The molecule has 0 aromatic rings. The third kappa shape index (κ3) is 5.90. The van der Waals surface area contributed by atoms with E-state index in [0.29, 0.717) is 22.3 Å². The van der Waals surface area contributed by atoms with Crippen molar-refractivity contribution < 1.29 is 26.1 Å². The largest absolute Gasteiger partial charge is 0.289 e. The minimum absolute atomic E-state index is 0. The molecule has 0 spiro atoms. The van der Waals surface area contributed by atoms with E-state index in [0.717, 1.165) is 0 Å². The Morgan fingerprint density at radius 2 is 0.619 bits per heavy atom. The predicted octanol–water partition coefficient (Wildman–Crippen LogP) is 4.93. The van der Waals surface area contributed by atoms with Gasteiger partial charge >= 0.3 is 0 Å². The number of allylic oxidation sites excluding steroid dienone is 4. The van der Waals surface area contributed by atoms with Crippen LogP contribution < -0.4 is 0 Å². The number of hydrogen-bond donors (Lipinski definition) is 0. The summed E-state index contributed by atoms with van der Waals surface area (Å²) < 4.78 is 0. The minimum Gasteiger partial charge on any atom is -0.289 e. The first-order chi connectivity index (χ1) is 9.46. The summed E-state index contributed by atoms with van der Waals surface area (Å²) in [6.45, 7) is 6.80. The number of ketones is 2. The molecule has 1 saturated carbocycles. The van der Waals surface area contributed by atoms with Gasteiger partial charge in [-0.25, -0.2) is 0 Å². The quantitative estimate of drug-likeness (QED) is 0.465. The third-order valence-electron chi connectivity index (χ3n) is 4.49. The van der Waals surface area contributed by atoms with Crippen LogP contribution in [0.4, 0.5) is 0 Å². The van der Waals surface area contributed by atoms with E-state index in [-0.39, 0.29) is 28.1 Å². The van der Waals surface area contributed by atoms with Crippen molar-refractivity contribution in [3.63, 3.8) is 0 Å². The summed E-state index contributed by atoms with van der Waals surface area (Å²) >= 11 is 0. The Bertz CT molecular complexity index is 358. The van der Waals surface area contributed by atoms with E-state index in [9.17, 15) is 9.59 Å². The predicted molar refractivity (Wildman–Crippen MR) is 83.7 cm³/mol. The summed E-state index contributed by atoms with van der Waals surface area (Å²) in [5.41, 5.74) is 2.34. The van der Waals surface area contributed by atoms with Gasteiger partial charge in [0.25, 0.3) is 0 Å². The van der Waals surface area contributed by atoms with Gasteiger partial charge in [0.2, 0.25) is 0 Å². The fourth-order valence-electron chi connectivity index (χ4n) is 2.66. The zero-order chi connectivity index (χ0) is 15.1. The number of hydrogen-bond acceptors (Lipinski definition) is 2. The molecule has 3 heteroatoms. The maximum absolute atomic E-state index is 11.4. The molecule has 0 aromatic heterocycles. The van der Waals surface area contributed by atoms with Crippen LogP contribution in [0.15, 0.2) is 22.3 Å². The van der Waals surface area contributed by atoms with Crippen LogP contribution in [0, 0.1) is 0 Å². The normalized spacial score (nSPS) is 20.2. The van der Waals surface area contributed by atoms with Crippen LogP contribution in [0.1, 0.15) is 79.1 Å². The molecule has 122 valence electrons. The van der Waals surface area contributed by atoms with Crippen LogP contribution in [0.2, 0.25) is 0 Å². The number of carbonyl (C=O) groups excluding carboxylic acids is 2. The topological polar surface area (TPSA) is 34.1 Å². The molecule has 0 amide bonds. The molecule has 2 aliphatic carbocycles. The molecule has 0 radical (unpaired) electrons. The smallest absolute Gasteiger partial charge is 0.185 e. The van der Waals surface area contributed by atoms with Gasteiger partial charge in [-0.2, -0.15) is 0 Å². The summed E-state index contributed by atoms with van der Waals surface area (Å²) in [5.74, 6) is 0.00852. The van der Waals surface area contributed by atoms with Crippen molar-refractivity contribution in [2.75, 3.05) is 0 Å². The van der Waals surface area contributed by atoms with Crippen LogP contribution in [0.25, 0.3) is 0 Å². The second-order valence-corrected chi connectivity index (χ2v) is 5.99. The van der Waals surface area contributed by atoms with Crippen molar-refractivity contribution in [2.24, 2.45) is 0 Å². The van der Waals surface area contributed by atoms with Gasteiger partial charge in [0.15, 0.2) is 11.6 Å². The molecule has 0 N–H and O–H groups in total. The van der Waals surface area contributed by atoms with Gasteiger partial charge in [-0.05, 0) is 27.7 Å². The van der Waals surface area contributed by atoms with Crippen molar-refractivity contribution >= 4 is 11.6 Å². The molecule has 2 nitrogen and oxygen atoms in total. The molecule has 21 heavy (non-hydrogen) atoms. The fourth-order valence-corrected chi connectivity index (χ4v) is 2.66. The molecule has 0 aliphatic heterocycles. The maximum atomic E-state index is 11.4. The molecule has 0 atom stereocenters. The van der Waals surface area contributed by atoms with Crippen molar-refractivity contribution in [3.8, 4) is 0 Å². The third-order valence-corrected chi connectivity index (χ3v) is 4.49. The minimum atomic E-state index is 0.